The quantitative estimate of drug-likeness (QED) is 0.836. The molecular formula is C19H20FNO. The SMILES string of the molecule is Cc1ccc(C(C)NC(=O)/C=C/c2ccccc2F)cc1C. The molecule has 2 aromatic carbocycles. The van der Waals surface area contributed by atoms with Crippen molar-refractivity contribution in [3.8, 4) is 0 Å². The predicted octanol–water partition coefficient (Wildman–Crippen LogP) is 4.33. The number of halogens is 1. The Morgan fingerprint density at radius 3 is 2.55 bits per heavy atom. The number of carbonyl (C=O) groups excluding carboxylic acids is 1. The van der Waals surface area contributed by atoms with Gasteiger partial charge in [-0.05, 0) is 49.6 Å². The van der Waals surface area contributed by atoms with Crippen LogP contribution in [-0.4, -0.2) is 5.91 Å². The highest BCUT2D eigenvalue weighted by atomic mass is 19.1. The van der Waals surface area contributed by atoms with E-state index in [1.807, 2.05) is 26.0 Å². The average molecular weight is 297 g/mol. The third-order valence-corrected chi connectivity index (χ3v) is 3.71. The second-order valence-electron chi connectivity index (χ2n) is 5.43. The highest BCUT2D eigenvalue weighted by Gasteiger charge is 2.08. The van der Waals surface area contributed by atoms with Gasteiger partial charge in [0, 0.05) is 11.6 Å². The molecule has 0 spiro atoms. The van der Waals surface area contributed by atoms with Gasteiger partial charge in [-0.25, -0.2) is 4.39 Å². The van der Waals surface area contributed by atoms with E-state index in [1.54, 1.807) is 18.2 Å². The lowest BCUT2D eigenvalue weighted by Crippen LogP contribution is -2.24. The van der Waals surface area contributed by atoms with Gasteiger partial charge in [0.15, 0.2) is 0 Å². The Kier molecular flexibility index (Phi) is 5.10. The van der Waals surface area contributed by atoms with E-state index in [0.717, 1.165) is 5.56 Å². The molecule has 0 aromatic heterocycles. The number of aryl methyl sites for hydroxylation is 2. The van der Waals surface area contributed by atoms with Crippen molar-refractivity contribution in [2.24, 2.45) is 0 Å². The summed E-state index contributed by atoms with van der Waals surface area (Å²) in [5, 5.41) is 2.88. The Labute approximate surface area is 130 Å². The van der Waals surface area contributed by atoms with Crippen LogP contribution >= 0.6 is 0 Å². The number of amides is 1. The van der Waals surface area contributed by atoms with Crippen LogP contribution in [0.3, 0.4) is 0 Å². The fourth-order valence-corrected chi connectivity index (χ4v) is 2.15. The first-order valence-electron chi connectivity index (χ1n) is 7.27. The lowest BCUT2D eigenvalue weighted by molar-refractivity contribution is -0.117. The summed E-state index contributed by atoms with van der Waals surface area (Å²) in [7, 11) is 0. The Morgan fingerprint density at radius 2 is 1.86 bits per heavy atom. The van der Waals surface area contributed by atoms with Gasteiger partial charge >= 0.3 is 0 Å². The zero-order valence-electron chi connectivity index (χ0n) is 13.1. The molecule has 1 N–H and O–H groups in total. The van der Waals surface area contributed by atoms with Crippen molar-refractivity contribution in [2.45, 2.75) is 26.8 Å². The molecule has 1 amide bonds. The minimum atomic E-state index is -0.339. The highest BCUT2D eigenvalue weighted by Crippen LogP contribution is 2.16. The maximum Gasteiger partial charge on any atom is 0.244 e. The smallest absolute Gasteiger partial charge is 0.244 e. The molecule has 22 heavy (non-hydrogen) atoms. The molecule has 0 bridgehead atoms. The van der Waals surface area contributed by atoms with E-state index >= 15 is 0 Å². The first-order chi connectivity index (χ1) is 10.5. The zero-order valence-corrected chi connectivity index (χ0v) is 13.1. The second kappa shape index (κ2) is 7.03. The third-order valence-electron chi connectivity index (χ3n) is 3.71. The standard InChI is InChI=1S/C19H20FNO/c1-13-8-9-17(12-14(13)2)15(3)21-19(22)11-10-16-6-4-5-7-18(16)20/h4-12,15H,1-3H3,(H,21,22)/b11-10+. The second-order valence-corrected chi connectivity index (χ2v) is 5.43. The van der Waals surface area contributed by atoms with Gasteiger partial charge in [-0.2, -0.15) is 0 Å². The van der Waals surface area contributed by atoms with Crippen molar-refractivity contribution in [1.82, 2.24) is 5.32 Å². The molecule has 0 aliphatic rings. The summed E-state index contributed by atoms with van der Waals surface area (Å²) >= 11 is 0. The van der Waals surface area contributed by atoms with Gasteiger partial charge in [-0.15, -0.1) is 0 Å². The molecular weight excluding hydrogens is 277 g/mol. The molecule has 0 radical (unpaired) electrons. The molecule has 2 rings (SSSR count). The average Bonchev–Trinajstić information content (AvgIpc) is 2.49. The number of hydrogen-bond acceptors (Lipinski definition) is 1. The first-order valence-corrected chi connectivity index (χ1v) is 7.27. The van der Waals surface area contributed by atoms with E-state index in [9.17, 15) is 9.18 Å². The van der Waals surface area contributed by atoms with Crippen LogP contribution in [0.5, 0.6) is 0 Å². The van der Waals surface area contributed by atoms with Crippen LogP contribution in [0.15, 0.2) is 48.5 Å². The number of rotatable bonds is 4. The Bertz CT molecular complexity index is 706. The maximum atomic E-state index is 13.5. The number of carbonyl (C=O) groups is 1. The maximum absolute atomic E-state index is 13.5. The van der Waals surface area contributed by atoms with Crippen LogP contribution in [-0.2, 0) is 4.79 Å². The zero-order chi connectivity index (χ0) is 16.1. The molecule has 0 aliphatic heterocycles. The summed E-state index contributed by atoms with van der Waals surface area (Å²) in [6, 6.07) is 12.4. The van der Waals surface area contributed by atoms with Gasteiger partial charge in [0.25, 0.3) is 0 Å². The van der Waals surface area contributed by atoms with Crippen molar-refractivity contribution < 1.29 is 9.18 Å². The number of hydrogen-bond donors (Lipinski definition) is 1. The summed E-state index contributed by atoms with van der Waals surface area (Å²) < 4.78 is 13.5. The lowest BCUT2D eigenvalue weighted by atomic mass is 10.0. The summed E-state index contributed by atoms with van der Waals surface area (Å²) in [4.78, 5) is 11.9. The predicted molar refractivity (Wildman–Crippen MR) is 87.9 cm³/mol. The Morgan fingerprint density at radius 1 is 1.14 bits per heavy atom. The normalized spacial score (nSPS) is 12.4. The summed E-state index contributed by atoms with van der Waals surface area (Å²) in [6.45, 7) is 6.03. The molecule has 1 unspecified atom stereocenters. The molecule has 3 heteroatoms. The van der Waals surface area contributed by atoms with E-state index in [2.05, 4.69) is 18.3 Å². The molecule has 0 saturated carbocycles. The summed E-state index contributed by atoms with van der Waals surface area (Å²) in [6.07, 6.45) is 2.84. The largest absolute Gasteiger partial charge is 0.346 e. The highest BCUT2D eigenvalue weighted by molar-refractivity contribution is 5.92. The fraction of sp³-hybridized carbons (Fsp3) is 0.211. The minimum absolute atomic E-state index is 0.0999. The fourth-order valence-electron chi connectivity index (χ4n) is 2.15. The van der Waals surface area contributed by atoms with Crippen molar-refractivity contribution in [3.05, 3.63) is 76.6 Å². The summed E-state index contributed by atoms with van der Waals surface area (Å²) in [5.41, 5.74) is 3.87. The number of nitrogens with one attached hydrogen (secondary N) is 1. The Balaban J connectivity index is 2.02. The van der Waals surface area contributed by atoms with E-state index < -0.39 is 0 Å². The van der Waals surface area contributed by atoms with Crippen molar-refractivity contribution in [2.75, 3.05) is 0 Å². The van der Waals surface area contributed by atoms with Gasteiger partial charge in [0.1, 0.15) is 5.82 Å². The van der Waals surface area contributed by atoms with E-state index in [0.29, 0.717) is 5.56 Å². The van der Waals surface area contributed by atoms with E-state index in [1.165, 1.54) is 29.3 Å². The molecule has 2 nitrogen and oxygen atoms in total. The topological polar surface area (TPSA) is 29.1 Å². The van der Waals surface area contributed by atoms with Crippen LogP contribution < -0.4 is 5.32 Å². The van der Waals surface area contributed by atoms with Gasteiger partial charge < -0.3 is 5.32 Å². The molecule has 0 aliphatic carbocycles. The van der Waals surface area contributed by atoms with Crippen molar-refractivity contribution in [1.29, 1.82) is 0 Å². The van der Waals surface area contributed by atoms with Gasteiger partial charge in [-0.1, -0.05) is 36.4 Å². The number of benzene rings is 2. The molecule has 2 aromatic rings. The lowest BCUT2D eigenvalue weighted by Gasteiger charge is -2.14. The summed E-state index contributed by atoms with van der Waals surface area (Å²) in [5.74, 6) is -0.581. The van der Waals surface area contributed by atoms with Crippen molar-refractivity contribution >= 4 is 12.0 Å². The molecule has 0 fully saturated rings. The van der Waals surface area contributed by atoms with Gasteiger partial charge in [0.05, 0.1) is 6.04 Å². The molecule has 114 valence electrons. The van der Waals surface area contributed by atoms with E-state index in [4.69, 9.17) is 0 Å². The van der Waals surface area contributed by atoms with Gasteiger partial charge in [0.2, 0.25) is 5.91 Å². The third kappa shape index (κ3) is 4.04. The van der Waals surface area contributed by atoms with Gasteiger partial charge in [-0.3, -0.25) is 4.79 Å². The van der Waals surface area contributed by atoms with Crippen LogP contribution in [0.1, 0.15) is 35.2 Å². The van der Waals surface area contributed by atoms with Crippen LogP contribution in [0.2, 0.25) is 0 Å². The minimum Gasteiger partial charge on any atom is -0.346 e. The molecule has 1 atom stereocenters. The van der Waals surface area contributed by atoms with Crippen LogP contribution in [0, 0.1) is 19.7 Å². The monoisotopic (exact) mass is 297 g/mol. The molecule has 0 saturated heterocycles. The van der Waals surface area contributed by atoms with Crippen molar-refractivity contribution in [3.63, 3.8) is 0 Å². The van der Waals surface area contributed by atoms with E-state index in [-0.39, 0.29) is 17.8 Å². The molecule has 0 heterocycles. The van der Waals surface area contributed by atoms with Crippen LogP contribution in [0.4, 0.5) is 4.39 Å². The Hall–Kier alpha value is -2.42. The first kappa shape index (κ1) is 16.0. The van der Waals surface area contributed by atoms with Crippen LogP contribution in [0.25, 0.3) is 6.08 Å².